The second-order valence-corrected chi connectivity index (χ2v) is 6.44. The number of benzene rings is 1. The van der Waals surface area contributed by atoms with Crippen LogP contribution in [-0.2, 0) is 10.2 Å². The summed E-state index contributed by atoms with van der Waals surface area (Å²) in [5.74, 6) is 0.317. The van der Waals surface area contributed by atoms with Gasteiger partial charge in [-0.15, -0.1) is 0 Å². The van der Waals surface area contributed by atoms with E-state index in [-0.39, 0.29) is 23.3 Å². The number of hydrogen-bond acceptors (Lipinski definition) is 2. The monoisotopic (exact) mass is 288 g/mol. The largest absolute Gasteiger partial charge is 0.393 e. The molecule has 20 heavy (non-hydrogen) atoms. The maximum Gasteiger partial charge on any atom is 0.230 e. The van der Waals surface area contributed by atoms with Crippen molar-refractivity contribution in [2.24, 2.45) is 11.7 Å². The summed E-state index contributed by atoms with van der Waals surface area (Å²) in [7, 11) is 0. The number of amides is 1. The Kier molecular flexibility index (Phi) is 3.50. The first-order chi connectivity index (χ1) is 9.63. The highest BCUT2D eigenvalue weighted by Gasteiger charge is 2.52. The van der Waals surface area contributed by atoms with Crippen molar-refractivity contribution >= 4 is 23.1 Å². The zero-order valence-corrected chi connectivity index (χ0v) is 12.3. The molecule has 0 heterocycles. The summed E-state index contributed by atoms with van der Waals surface area (Å²) < 4.78 is 0. The van der Waals surface area contributed by atoms with Crippen molar-refractivity contribution in [2.45, 2.75) is 43.6 Å². The number of nitrogens with one attached hydrogen (secondary N) is 1. The summed E-state index contributed by atoms with van der Waals surface area (Å²) >= 11 is 5.11. The van der Waals surface area contributed by atoms with Crippen molar-refractivity contribution in [2.75, 3.05) is 0 Å². The molecule has 2 aliphatic carbocycles. The van der Waals surface area contributed by atoms with Crippen molar-refractivity contribution in [3.63, 3.8) is 0 Å². The van der Waals surface area contributed by atoms with E-state index in [9.17, 15) is 4.79 Å². The van der Waals surface area contributed by atoms with Gasteiger partial charge < -0.3 is 11.1 Å². The molecule has 0 aliphatic heterocycles. The molecular formula is C16H20N2OS. The fraction of sp³-hybridized carbons (Fsp3) is 0.500. The maximum absolute atomic E-state index is 12.7. The fourth-order valence-electron chi connectivity index (χ4n) is 3.31. The van der Waals surface area contributed by atoms with E-state index in [1.807, 2.05) is 30.3 Å². The van der Waals surface area contributed by atoms with Crippen LogP contribution in [-0.4, -0.2) is 16.9 Å². The van der Waals surface area contributed by atoms with Gasteiger partial charge in [-0.25, -0.2) is 0 Å². The minimum Gasteiger partial charge on any atom is -0.393 e. The van der Waals surface area contributed by atoms with Gasteiger partial charge >= 0.3 is 0 Å². The smallest absolute Gasteiger partial charge is 0.230 e. The first-order valence-corrected chi connectivity index (χ1v) is 7.70. The lowest BCUT2D eigenvalue weighted by Gasteiger charge is -2.23. The number of nitrogens with two attached hydrogens (primary N) is 1. The quantitative estimate of drug-likeness (QED) is 0.836. The molecule has 0 radical (unpaired) electrons. The van der Waals surface area contributed by atoms with Crippen molar-refractivity contribution < 1.29 is 4.79 Å². The van der Waals surface area contributed by atoms with E-state index in [0.29, 0.717) is 4.99 Å². The minimum atomic E-state index is -0.301. The minimum absolute atomic E-state index is 0.126. The highest BCUT2D eigenvalue weighted by molar-refractivity contribution is 7.80. The Morgan fingerprint density at radius 2 is 1.95 bits per heavy atom. The van der Waals surface area contributed by atoms with Gasteiger partial charge in [0.25, 0.3) is 0 Å². The van der Waals surface area contributed by atoms with Gasteiger partial charge in [0.2, 0.25) is 5.91 Å². The Morgan fingerprint density at radius 1 is 1.25 bits per heavy atom. The van der Waals surface area contributed by atoms with Gasteiger partial charge in [-0.2, -0.15) is 0 Å². The molecule has 3 nitrogen and oxygen atoms in total. The molecule has 0 saturated heterocycles. The van der Waals surface area contributed by atoms with Crippen molar-refractivity contribution in [1.29, 1.82) is 0 Å². The summed E-state index contributed by atoms with van der Waals surface area (Å²) in [5.41, 5.74) is 6.61. The zero-order chi connectivity index (χ0) is 14.2. The molecule has 4 heteroatoms. The maximum atomic E-state index is 12.7. The van der Waals surface area contributed by atoms with Crippen LogP contribution in [0.25, 0.3) is 0 Å². The normalized spacial score (nSPS) is 27.0. The molecule has 0 spiro atoms. The number of thiocarbonyl (C=S) groups is 1. The predicted molar refractivity (Wildman–Crippen MR) is 83.4 cm³/mol. The van der Waals surface area contributed by atoms with E-state index in [1.54, 1.807) is 0 Å². The summed E-state index contributed by atoms with van der Waals surface area (Å²) in [5, 5.41) is 3.21. The summed E-state index contributed by atoms with van der Waals surface area (Å²) in [4.78, 5) is 13.2. The van der Waals surface area contributed by atoms with E-state index in [4.69, 9.17) is 18.0 Å². The Hall–Kier alpha value is -1.42. The van der Waals surface area contributed by atoms with E-state index < -0.39 is 0 Å². The Labute approximate surface area is 124 Å². The standard InChI is InChI=1S/C16H20N2OS/c17-14(20)12-7-4-8-13(12)18-15(19)16(9-10-16)11-5-2-1-3-6-11/h1-3,5-6,12-13H,4,7-10H2,(H2,17,20)(H,18,19). The average Bonchev–Trinajstić information content (AvgIpc) is 3.14. The highest BCUT2D eigenvalue weighted by Crippen LogP contribution is 2.48. The second kappa shape index (κ2) is 5.17. The molecule has 106 valence electrons. The third-order valence-electron chi connectivity index (χ3n) is 4.71. The molecule has 0 aromatic heterocycles. The third kappa shape index (κ3) is 2.33. The van der Waals surface area contributed by atoms with Crippen LogP contribution in [0, 0.1) is 5.92 Å². The van der Waals surface area contributed by atoms with E-state index in [1.165, 1.54) is 0 Å². The fourth-order valence-corrected chi connectivity index (χ4v) is 3.59. The van der Waals surface area contributed by atoms with E-state index in [2.05, 4.69) is 5.32 Å². The first-order valence-electron chi connectivity index (χ1n) is 7.29. The van der Waals surface area contributed by atoms with Gasteiger partial charge in [-0.3, -0.25) is 4.79 Å². The molecule has 2 atom stereocenters. The van der Waals surface area contributed by atoms with Crippen molar-refractivity contribution in [1.82, 2.24) is 5.32 Å². The van der Waals surface area contributed by atoms with Crippen LogP contribution in [0.4, 0.5) is 0 Å². The summed E-state index contributed by atoms with van der Waals surface area (Å²) in [6, 6.07) is 10.2. The molecule has 1 aromatic carbocycles. The zero-order valence-electron chi connectivity index (χ0n) is 11.5. The van der Waals surface area contributed by atoms with Crippen LogP contribution in [0.5, 0.6) is 0 Å². The lowest BCUT2D eigenvalue weighted by Crippen LogP contribution is -2.45. The first kappa shape index (κ1) is 13.6. The molecule has 2 unspecified atom stereocenters. The molecule has 3 rings (SSSR count). The molecule has 0 bridgehead atoms. The molecular weight excluding hydrogens is 268 g/mol. The number of carbonyl (C=O) groups is 1. The molecule has 2 aliphatic rings. The van der Waals surface area contributed by atoms with Crippen LogP contribution >= 0.6 is 12.2 Å². The van der Waals surface area contributed by atoms with Crippen LogP contribution in [0.3, 0.4) is 0 Å². The predicted octanol–water partition coefficient (Wildman–Crippen LogP) is 2.29. The van der Waals surface area contributed by atoms with Gasteiger partial charge in [0.15, 0.2) is 0 Å². The topological polar surface area (TPSA) is 55.1 Å². The molecule has 1 aromatic rings. The number of hydrogen-bond donors (Lipinski definition) is 2. The van der Waals surface area contributed by atoms with E-state index in [0.717, 1.165) is 37.7 Å². The molecule has 2 saturated carbocycles. The Balaban J connectivity index is 1.72. The molecule has 2 fully saturated rings. The highest BCUT2D eigenvalue weighted by atomic mass is 32.1. The second-order valence-electron chi connectivity index (χ2n) is 5.97. The van der Waals surface area contributed by atoms with Gasteiger partial charge in [0, 0.05) is 12.0 Å². The molecule has 3 N–H and O–H groups in total. The van der Waals surface area contributed by atoms with Gasteiger partial charge in [-0.05, 0) is 31.2 Å². The van der Waals surface area contributed by atoms with Crippen molar-refractivity contribution in [3.05, 3.63) is 35.9 Å². The SMILES string of the molecule is NC(=S)C1CCCC1NC(=O)C1(c2ccccc2)CC1. The van der Waals surface area contributed by atoms with Gasteiger partial charge in [0.1, 0.15) is 0 Å². The molecule has 1 amide bonds. The van der Waals surface area contributed by atoms with Crippen LogP contribution in [0.1, 0.15) is 37.7 Å². The lowest BCUT2D eigenvalue weighted by atomic mass is 9.94. The number of rotatable bonds is 4. The van der Waals surface area contributed by atoms with Gasteiger partial charge in [-0.1, -0.05) is 49.0 Å². The van der Waals surface area contributed by atoms with Crippen LogP contribution in [0.2, 0.25) is 0 Å². The third-order valence-corrected chi connectivity index (χ3v) is 5.01. The van der Waals surface area contributed by atoms with Crippen LogP contribution in [0.15, 0.2) is 30.3 Å². The van der Waals surface area contributed by atoms with Crippen LogP contribution < -0.4 is 11.1 Å². The van der Waals surface area contributed by atoms with Crippen molar-refractivity contribution in [3.8, 4) is 0 Å². The summed E-state index contributed by atoms with van der Waals surface area (Å²) in [6.45, 7) is 0. The Morgan fingerprint density at radius 3 is 2.55 bits per heavy atom. The van der Waals surface area contributed by atoms with E-state index >= 15 is 0 Å². The number of carbonyl (C=O) groups excluding carboxylic acids is 1. The summed E-state index contributed by atoms with van der Waals surface area (Å²) in [6.07, 6.45) is 4.95. The average molecular weight is 288 g/mol. The Bertz CT molecular complexity index is 525. The van der Waals surface area contributed by atoms with Gasteiger partial charge in [0.05, 0.1) is 10.4 Å². The lowest BCUT2D eigenvalue weighted by molar-refractivity contribution is -0.124.